The number of hydrogen-bond acceptors (Lipinski definition) is 5. The van der Waals surface area contributed by atoms with E-state index in [0.29, 0.717) is 0 Å². The highest BCUT2D eigenvalue weighted by molar-refractivity contribution is 7.89. The van der Waals surface area contributed by atoms with Crippen molar-refractivity contribution in [3.05, 3.63) is 29.8 Å². The van der Waals surface area contributed by atoms with Gasteiger partial charge in [-0.3, -0.25) is 25.2 Å². The van der Waals surface area contributed by atoms with Gasteiger partial charge in [-0.15, -0.1) is 0 Å². The molecule has 0 unspecified atom stereocenters. The maximum absolute atomic E-state index is 11.9. The van der Waals surface area contributed by atoms with E-state index in [9.17, 15) is 22.8 Å². The number of carbonyl (C=O) groups excluding carboxylic acids is 3. The first kappa shape index (κ1) is 19.6. The monoisotopic (exact) mass is 356 g/mol. The zero-order chi connectivity index (χ0) is 18.5. The molecule has 1 aromatic rings. The fourth-order valence-electron chi connectivity index (χ4n) is 1.56. The maximum Gasteiger partial charge on any atom is 0.327 e. The summed E-state index contributed by atoms with van der Waals surface area (Å²) in [4.78, 5) is 34.7. The molecule has 0 aliphatic rings. The predicted molar refractivity (Wildman–Crippen MR) is 86.2 cm³/mol. The number of benzene rings is 1. The third-order valence-corrected chi connectivity index (χ3v) is 4.64. The van der Waals surface area contributed by atoms with Crippen LogP contribution in [0, 0.1) is 0 Å². The third-order valence-electron chi connectivity index (χ3n) is 2.81. The molecule has 0 saturated carbocycles. The van der Waals surface area contributed by atoms with Crippen LogP contribution in [-0.4, -0.2) is 50.6 Å². The molecule has 0 aliphatic heterocycles. The van der Waals surface area contributed by atoms with Crippen LogP contribution in [0.5, 0.6) is 0 Å². The van der Waals surface area contributed by atoms with Gasteiger partial charge in [-0.25, -0.2) is 12.7 Å². The van der Waals surface area contributed by atoms with E-state index < -0.39 is 27.7 Å². The largest absolute Gasteiger partial charge is 0.346 e. The lowest BCUT2D eigenvalue weighted by atomic mass is 10.2. The van der Waals surface area contributed by atoms with Crippen LogP contribution in [0.4, 0.5) is 0 Å². The molecular weight excluding hydrogens is 336 g/mol. The molecule has 0 radical (unpaired) electrons. The number of sulfonamides is 1. The molecule has 3 N–H and O–H groups in total. The number of hydrogen-bond donors (Lipinski definition) is 3. The van der Waals surface area contributed by atoms with Gasteiger partial charge in [-0.2, -0.15) is 0 Å². The summed E-state index contributed by atoms with van der Waals surface area (Å²) in [7, 11) is -0.796. The Bertz CT molecular complexity index is 726. The van der Waals surface area contributed by atoms with Crippen molar-refractivity contribution in [2.45, 2.75) is 24.8 Å². The van der Waals surface area contributed by atoms with Crippen LogP contribution in [0.2, 0.25) is 0 Å². The van der Waals surface area contributed by atoms with Gasteiger partial charge in [-0.05, 0) is 38.1 Å². The van der Waals surface area contributed by atoms with Crippen LogP contribution in [0.3, 0.4) is 0 Å². The van der Waals surface area contributed by atoms with Crippen LogP contribution in [-0.2, 0) is 19.6 Å². The number of rotatable bonds is 4. The summed E-state index contributed by atoms with van der Waals surface area (Å²) in [6, 6.07) is 4.93. The van der Waals surface area contributed by atoms with Crippen LogP contribution in [0.1, 0.15) is 24.2 Å². The second kappa shape index (κ2) is 7.88. The Morgan fingerprint density at radius 3 is 1.96 bits per heavy atom. The third kappa shape index (κ3) is 5.03. The summed E-state index contributed by atoms with van der Waals surface area (Å²) in [5, 5.41) is 2.37. The molecule has 0 atom stereocenters. The Labute approximate surface area is 140 Å². The Balaban J connectivity index is 2.70. The summed E-state index contributed by atoms with van der Waals surface area (Å²) in [6.07, 6.45) is 0. The molecule has 0 bridgehead atoms. The van der Waals surface area contributed by atoms with E-state index in [4.69, 9.17) is 0 Å². The normalized spacial score (nSPS) is 11.2. The van der Waals surface area contributed by atoms with Crippen molar-refractivity contribution in [1.29, 1.82) is 0 Å². The molecule has 3 amide bonds. The highest BCUT2D eigenvalue weighted by atomic mass is 32.2. The van der Waals surface area contributed by atoms with Gasteiger partial charge in [0.05, 0.1) is 4.90 Å². The molecule has 0 saturated heterocycles. The zero-order valence-electron chi connectivity index (χ0n) is 13.8. The summed E-state index contributed by atoms with van der Waals surface area (Å²) in [5.41, 5.74) is 4.17. The van der Waals surface area contributed by atoms with E-state index in [2.05, 4.69) is 10.7 Å². The van der Waals surface area contributed by atoms with E-state index >= 15 is 0 Å². The highest BCUT2D eigenvalue weighted by Crippen LogP contribution is 2.13. The first-order valence-electron chi connectivity index (χ1n) is 6.99. The van der Waals surface area contributed by atoms with Crippen molar-refractivity contribution < 1.29 is 22.8 Å². The standard InChI is InChI=1S/C14H20N4O5S/c1-9(2)15-13(20)14(21)17-16-12(19)10-5-7-11(8-6-10)24(22,23)18(3)4/h5-9H,1-4H3,(H,15,20)(H,16,19)(H,17,21). The minimum absolute atomic E-state index is 0.0318. The second-order valence-electron chi connectivity index (χ2n) is 5.35. The fraction of sp³-hybridized carbons (Fsp3) is 0.357. The Hall–Kier alpha value is -2.46. The summed E-state index contributed by atoms with van der Waals surface area (Å²) in [5.74, 6) is -2.57. The zero-order valence-corrected chi connectivity index (χ0v) is 14.6. The molecule has 10 heteroatoms. The number of nitrogens with zero attached hydrogens (tertiary/aromatic N) is 1. The van der Waals surface area contributed by atoms with Crippen LogP contribution in [0.15, 0.2) is 29.2 Å². The Morgan fingerprint density at radius 1 is 0.958 bits per heavy atom. The van der Waals surface area contributed by atoms with Crippen molar-refractivity contribution in [3.63, 3.8) is 0 Å². The number of hydrazine groups is 1. The molecule has 9 nitrogen and oxygen atoms in total. The molecule has 0 heterocycles. The van der Waals surface area contributed by atoms with Crippen LogP contribution < -0.4 is 16.2 Å². The molecule has 1 rings (SSSR count). The first-order valence-corrected chi connectivity index (χ1v) is 8.43. The van der Waals surface area contributed by atoms with E-state index in [1.165, 1.54) is 38.4 Å². The Morgan fingerprint density at radius 2 is 1.50 bits per heavy atom. The second-order valence-corrected chi connectivity index (χ2v) is 7.50. The van der Waals surface area contributed by atoms with Crippen molar-refractivity contribution in [2.24, 2.45) is 0 Å². The molecule has 1 aromatic carbocycles. The van der Waals surface area contributed by atoms with Gasteiger partial charge in [0.15, 0.2) is 0 Å². The lowest BCUT2D eigenvalue weighted by molar-refractivity contribution is -0.139. The lowest BCUT2D eigenvalue weighted by Gasteiger charge is -2.12. The van der Waals surface area contributed by atoms with E-state index in [1.54, 1.807) is 13.8 Å². The smallest absolute Gasteiger partial charge is 0.327 e. The van der Waals surface area contributed by atoms with Gasteiger partial charge in [0, 0.05) is 25.7 Å². The molecule has 24 heavy (non-hydrogen) atoms. The SMILES string of the molecule is CC(C)NC(=O)C(=O)NNC(=O)c1ccc(S(=O)(=O)N(C)C)cc1. The highest BCUT2D eigenvalue weighted by Gasteiger charge is 2.18. The topological polar surface area (TPSA) is 125 Å². The van der Waals surface area contributed by atoms with Gasteiger partial charge >= 0.3 is 11.8 Å². The van der Waals surface area contributed by atoms with E-state index in [1.807, 2.05) is 5.43 Å². The molecular formula is C14H20N4O5S. The van der Waals surface area contributed by atoms with Gasteiger partial charge in [0.25, 0.3) is 5.91 Å². The predicted octanol–water partition coefficient (Wildman–Crippen LogP) is -0.777. The summed E-state index contributed by atoms with van der Waals surface area (Å²) < 4.78 is 24.9. The van der Waals surface area contributed by atoms with Crippen LogP contribution in [0.25, 0.3) is 0 Å². The average Bonchev–Trinajstić information content (AvgIpc) is 2.51. The average molecular weight is 356 g/mol. The molecule has 0 fully saturated rings. The number of amides is 3. The van der Waals surface area contributed by atoms with Crippen LogP contribution >= 0.6 is 0 Å². The van der Waals surface area contributed by atoms with E-state index in [-0.39, 0.29) is 16.5 Å². The van der Waals surface area contributed by atoms with Gasteiger partial charge in [0.2, 0.25) is 10.0 Å². The van der Waals surface area contributed by atoms with E-state index in [0.717, 1.165) is 4.31 Å². The van der Waals surface area contributed by atoms with Crippen molar-refractivity contribution in [1.82, 2.24) is 20.5 Å². The van der Waals surface area contributed by atoms with Crippen molar-refractivity contribution >= 4 is 27.7 Å². The summed E-state index contributed by atoms with van der Waals surface area (Å²) in [6.45, 7) is 3.38. The van der Waals surface area contributed by atoms with Gasteiger partial charge in [0.1, 0.15) is 0 Å². The molecule has 132 valence electrons. The summed E-state index contributed by atoms with van der Waals surface area (Å²) >= 11 is 0. The van der Waals surface area contributed by atoms with Crippen molar-refractivity contribution in [3.8, 4) is 0 Å². The number of nitrogens with one attached hydrogen (secondary N) is 3. The van der Waals surface area contributed by atoms with Crippen molar-refractivity contribution in [2.75, 3.05) is 14.1 Å². The molecule has 0 aromatic heterocycles. The minimum Gasteiger partial charge on any atom is -0.346 e. The Kier molecular flexibility index (Phi) is 6.43. The fourth-order valence-corrected chi connectivity index (χ4v) is 2.46. The van der Waals surface area contributed by atoms with Gasteiger partial charge in [-0.1, -0.05) is 0 Å². The quantitative estimate of drug-likeness (QED) is 0.482. The minimum atomic E-state index is -3.59. The lowest BCUT2D eigenvalue weighted by Crippen LogP contribution is -2.49. The molecule has 0 spiro atoms. The number of carbonyl (C=O) groups is 3. The maximum atomic E-state index is 11.9. The first-order chi connectivity index (χ1) is 11.1. The molecule has 0 aliphatic carbocycles. The van der Waals surface area contributed by atoms with Gasteiger partial charge < -0.3 is 5.32 Å².